The van der Waals surface area contributed by atoms with E-state index in [1.165, 1.54) is 0 Å². The van der Waals surface area contributed by atoms with Crippen LogP contribution in [0.4, 0.5) is 0 Å². The number of aromatic nitrogens is 3. The number of aromatic amines is 1. The lowest BCUT2D eigenvalue weighted by atomic mass is 9.85. The first-order valence-corrected chi connectivity index (χ1v) is 13.6. The standard InChI is InChI=1S/C31H32N6O3/c1-31(2,3)27(35-28(38)26-13-19-7-4-5-9-24(19)34-26)30(40)37-18-22-14-23(37)17-36(22)29(39)25-11-10-21(16-33-25)20-8-6-12-32-15-20/h4-13,15-16,22-23,27,34H,14,17-18H2,1-3H3,(H,35,38)/t22-,23-,27+/m0/s1. The maximum atomic E-state index is 13.8. The van der Waals surface area contributed by atoms with Gasteiger partial charge in [0.15, 0.2) is 0 Å². The van der Waals surface area contributed by atoms with E-state index in [0.717, 1.165) is 28.5 Å². The highest BCUT2D eigenvalue weighted by molar-refractivity contribution is 6.00. The monoisotopic (exact) mass is 536 g/mol. The lowest BCUT2D eigenvalue weighted by molar-refractivity contribution is -0.138. The number of rotatable bonds is 5. The van der Waals surface area contributed by atoms with E-state index in [2.05, 4.69) is 20.3 Å². The van der Waals surface area contributed by atoms with Crippen LogP contribution in [0.5, 0.6) is 0 Å². The Kier molecular flexibility index (Phi) is 6.37. The Morgan fingerprint density at radius 1 is 0.950 bits per heavy atom. The largest absolute Gasteiger partial charge is 0.351 e. The van der Waals surface area contributed by atoms with E-state index >= 15 is 0 Å². The highest BCUT2D eigenvalue weighted by Gasteiger charge is 2.50. The van der Waals surface area contributed by atoms with Crippen LogP contribution in [0.2, 0.25) is 0 Å². The molecule has 2 aliphatic heterocycles. The molecule has 40 heavy (non-hydrogen) atoms. The minimum absolute atomic E-state index is 0.0775. The minimum atomic E-state index is -0.711. The molecule has 3 atom stereocenters. The van der Waals surface area contributed by atoms with Crippen molar-refractivity contribution in [3.05, 3.63) is 84.6 Å². The van der Waals surface area contributed by atoms with Crippen LogP contribution in [0.1, 0.15) is 48.2 Å². The Hall–Kier alpha value is -4.53. The third-order valence-corrected chi connectivity index (χ3v) is 7.92. The molecular weight excluding hydrogens is 504 g/mol. The third-order valence-electron chi connectivity index (χ3n) is 7.92. The second-order valence-corrected chi connectivity index (χ2v) is 11.7. The van der Waals surface area contributed by atoms with Gasteiger partial charge in [-0.3, -0.25) is 24.4 Å². The van der Waals surface area contributed by atoms with Crippen molar-refractivity contribution < 1.29 is 14.4 Å². The zero-order valence-electron chi connectivity index (χ0n) is 22.8. The normalized spacial score (nSPS) is 19.2. The molecule has 6 rings (SSSR count). The third kappa shape index (κ3) is 4.72. The highest BCUT2D eigenvalue weighted by Crippen LogP contribution is 2.34. The van der Waals surface area contributed by atoms with Crippen LogP contribution >= 0.6 is 0 Å². The Morgan fingerprint density at radius 3 is 2.35 bits per heavy atom. The fourth-order valence-electron chi connectivity index (χ4n) is 5.78. The number of hydrogen-bond acceptors (Lipinski definition) is 5. The van der Waals surface area contributed by atoms with Gasteiger partial charge in [-0.1, -0.05) is 51.1 Å². The Bertz CT molecular complexity index is 1540. The van der Waals surface area contributed by atoms with Crippen LogP contribution in [-0.2, 0) is 4.79 Å². The van der Waals surface area contributed by atoms with Gasteiger partial charge in [0.25, 0.3) is 11.8 Å². The van der Waals surface area contributed by atoms with Crippen LogP contribution in [0.15, 0.2) is 73.2 Å². The molecule has 2 aliphatic rings. The Balaban J connectivity index is 1.13. The van der Waals surface area contributed by atoms with E-state index in [1.807, 2.05) is 73.0 Å². The molecule has 9 heteroatoms. The SMILES string of the molecule is CC(C)(C)[C@H](NC(=O)c1cc2ccccc2[nH]1)C(=O)N1C[C@@H]2C[C@H]1CN2C(=O)c1ccc(-c2cccnc2)cn1. The number of para-hydroxylation sites is 1. The second-order valence-electron chi connectivity index (χ2n) is 11.7. The molecule has 5 heterocycles. The number of piperazine rings is 1. The highest BCUT2D eigenvalue weighted by atomic mass is 16.2. The number of nitrogens with one attached hydrogen (secondary N) is 2. The minimum Gasteiger partial charge on any atom is -0.351 e. The summed E-state index contributed by atoms with van der Waals surface area (Å²) in [7, 11) is 0. The first-order chi connectivity index (χ1) is 19.2. The second kappa shape index (κ2) is 9.89. The van der Waals surface area contributed by atoms with E-state index in [9.17, 15) is 14.4 Å². The topological polar surface area (TPSA) is 111 Å². The number of amides is 3. The van der Waals surface area contributed by atoms with Gasteiger partial charge in [0.05, 0.1) is 12.1 Å². The number of carbonyl (C=O) groups excluding carboxylic acids is 3. The summed E-state index contributed by atoms with van der Waals surface area (Å²) in [6.07, 6.45) is 5.89. The van der Waals surface area contributed by atoms with Gasteiger partial charge in [0.1, 0.15) is 17.4 Å². The molecule has 2 N–H and O–H groups in total. The van der Waals surface area contributed by atoms with Crippen LogP contribution in [-0.4, -0.2) is 73.7 Å². The fourth-order valence-corrected chi connectivity index (χ4v) is 5.78. The van der Waals surface area contributed by atoms with Crippen molar-refractivity contribution in [2.24, 2.45) is 5.41 Å². The molecule has 0 aliphatic carbocycles. The van der Waals surface area contributed by atoms with Crippen molar-refractivity contribution in [2.75, 3.05) is 13.1 Å². The average molecular weight is 537 g/mol. The Morgan fingerprint density at radius 2 is 1.70 bits per heavy atom. The van der Waals surface area contributed by atoms with Gasteiger partial charge in [-0.2, -0.15) is 0 Å². The average Bonchev–Trinajstić information content (AvgIpc) is 3.69. The number of fused-ring (bicyclic) bond motifs is 3. The van der Waals surface area contributed by atoms with Crippen LogP contribution < -0.4 is 5.32 Å². The van der Waals surface area contributed by atoms with Gasteiger partial charge >= 0.3 is 0 Å². The van der Waals surface area contributed by atoms with Crippen molar-refractivity contribution in [1.82, 2.24) is 30.1 Å². The number of likely N-dealkylation sites (tertiary alicyclic amines) is 2. The zero-order chi connectivity index (χ0) is 28.0. The smallest absolute Gasteiger partial charge is 0.272 e. The number of pyridine rings is 2. The van der Waals surface area contributed by atoms with Gasteiger partial charge in [-0.05, 0) is 36.1 Å². The van der Waals surface area contributed by atoms with Gasteiger partial charge in [0, 0.05) is 53.7 Å². The maximum absolute atomic E-state index is 13.8. The van der Waals surface area contributed by atoms with Crippen LogP contribution in [0.3, 0.4) is 0 Å². The first-order valence-electron chi connectivity index (χ1n) is 13.6. The lowest BCUT2D eigenvalue weighted by Gasteiger charge is -2.39. The molecule has 0 saturated carbocycles. The number of hydrogen-bond donors (Lipinski definition) is 2. The molecule has 2 saturated heterocycles. The molecule has 2 bridgehead atoms. The molecule has 204 valence electrons. The zero-order valence-corrected chi connectivity index (χ0v) is 22.8. The summed E-state index contributed by atoms with van der Waals surface area (Å²) >= 11 is 0. The summed E-state index contributed by atoms with van der Waals surface area (Å²) in [5.74, 6) is -0.557. The summed E-state index contributed by atoms with van der Waals surface area (Å²) in [5.41, 5.74) is 3.01. The quantitative estimate of drug-likeness (QED) is 0.402. The van der Waals surface area contributed by atoms with Crippen LogP contribution in [0.25, 0.3) is 22.0 Å². The van der Waals surface area contributed by atoms with Gasteiger partial charge < -0.3 is 20.1 Å². The molecular formula is C31H32N6O3. The Labute approximate surface area is 232 Å². The molecule has 3 aromatic heterocycles. The van der Waals surface area contributed by atoms with Gasteiger partial charge in [-0.15, -0.1) is 0 Å². The van der Waals surface area contributed by atoms with Crippen LogP contribution in [0, 0.1) is 5.41 Å². The van der Waals surface area contributed by atoms with E-state index in [0.29, 0.717) is 24.5 Å². The van der Waals surface area contributed by atoms with Gasteiger partial charge in [0.2, 0.25) is 5.91 Å². The number of carbonyl (C=O) groups is 3. The number of H-pyrrole nitrogens is 1. The van der Waals surface area contributed by atoms with E-state index < -0.39 is 11.5 Å². The first kappa shape index (κ1) is 25.7. The maximum Gasteiger partial charge on any atom is 0.272 e. The molecule has 9 nitrogen and oxygen atoms in total. The fraction of sp³-hybridized carbons (Fsp3) is 0.323. The van der Waals surface area contributed by atoms with E-state index in [1.54, 1.807) is 30.7 Å². The van der Waals surface area contributed by atoms with Crippen molar-refractivity contribution >= 4 is 28.6 Å². The molecule has 2 fully saturated rings. The van der Waals surface area contributed by atoms with E-state index in [-0.39, 0.29) is 29.8 Å². The molecule has 0 unspecified atom stereocenters. The molecule has 4 aromatic rings. The summed E-state index contributed by atoms with van der Waals surface area (Å²) in [4.78, 5) is 55.7. The summed E-state index contributed by atoms with van der Waals surface area (Å²) in [6, 6.07) is 16.0. The molecule has 3 amide bonds. The van der Waals surface area contributed by atoms with Crippen molar-refractivity contribution in [1.29, 1.82) is 0 Å². The lowest BCUT2D eigenvalue weighted by Crippen LogP contribution is -2.59. The predicted molar refractivity (Wildman–Crippen MR) is 151 cm³/mol. The molecule has 0 radical (unpaired) electrons. The molecule has 1 aromatic carbocycles. The summed E-state index contributed by atoms with van der Waals surface area (Å²) in [5, 5.41) is 3.93. The van der Waals surface area contributed by atoms with E-state index in [4.69, 9.17) is 0 Å². The van der Waals surface area contributed by atoms with Crippen molar-refractivity contribution in [3.63, 3.8) is 0 Å². The number of nitrogens with zero attached hydrogens (tertiary/aromatic N) is 4. The predicted octanol–water partition coefficient (Wildman–Crippen LogP) is 3.89. The summed E-state index contributed by atoms with van der Waals surface area (Å²) < 4.78 is 0. The van der Waals surface area contributed by atoms with Crippen molar-refractivity contribution in [3.8, 4) is 11.1 Å². The number of benzene rings is 1. The van der Waals surface area contributed by atoms with Gasteiger partial charge in [-0.25, -0.2) is 0 Å². The summed E-state index contributed by atoms with van der Waals surface area (Å²) in [6.45, 7) is 6.75. The molecule has 0 spiro atoms. The van der Waals surface area contributed by atoms with Crippen molar-refractivity contribution in [2.45, 2.75) is 45.3 Å².